The van der Waals surface area contributed by atoms with Gasteiger partial charge in [-0.15, -0.1) is 0 Å². The summed E-state index contributed by atoms with van der Waals surface area (Å²) in [6, 6.07) is 5.67. The quantitative estimate of drug-likeness (QED) is 0.893. The minimum absolute atomic E-state index is 0.163. The van der Waals surface area contributed by atoms with Crippen LogP contribution in [-0.2, 0) is 0 Å². The van der Waals surface area contributed by atoms with E-state index in [2.05, 4.69) is 25.7 Å². The molecule has 2 rings (SSSR count). The van der Waals surface area contributed by atoms with Crippen LogP contribution in [0, 0.1) is 11.8 Å². The molecule has 1 heterocycles. The topological polar surface area (TPSA) is 40.5 Å². The standard InChI is InChI=1S/C15H20ClNO2/c1-9-6-10(2)11(3)17(8-9)12-4-5-13(15(18)19)14(16)7-12/h4-5,7,9-11H,6,8H2,1-3H3,(H,18,19). The molecule has 1 fully saturated rings. The summed E-state index contributed by atoms with van der Waals surface area (Å²) < 4.78 is 0. The Morgan fingerprint density at radius 1 is 1.37 bits per heavy atom. The second kappa shape index (κ2) is 5.41. The number of rotatable bonds is 2. The van der Waals surface area contributed by atoms with Gasteiger partial charge in [-0.25, -0.2) is 4.79 Å². The lowest BCUT2D eigenvalue weighted by molar-refractivity contribution is 0.0697. The minimum Gasteiger partial charge on any atom is -0.478 e. The number of piperidine rings is 1. The van der Waals surface area contributed by atoms with E-state index in [1.807, 2.05) is 6.07 Å². The second-order valence-corrected chi connectivity index (χ2v) is 6.09. The average molecular weight is 282 g/mol. The Kier molecular flexibility index (Phi) is 4.04. The van der Waals surface area contributed by atoms with E-state index < -0.39 is 5.97 Å². The monoisotopic (exact) mass is 281 g/mol. The van der Waals surface area contributed by atoms with Crippen LogP contribution in [0.25, 0.3) is 0 Å². The molecule has 4 heteroatoms. The van der Waals surface area contributed by atoms with Crippen molar-refractivity contribution in [2.45, 2.75) is 33.2 Å². The SMILES string of the molecule is CC1CC(C)C(C)N(c2ccc(C(=O)O)c(Cl)c2)C1. The fourth-order valence-corrected chi connectivity index (χ4v) is 3.17. The van der Waals surface area contributed by atoms with E-state index in [0.29, 0.717) is 22.9 Å². The van der Waals surface area contributed by atoms with Crippen LogP contribution in [0.3, 0.4) is 0 Å². The molecule has 1 aromatic rings. The maximum absolute atomic E-state index is 11.0. The molecule has 0 aliphatic carbocycles. The van der Waals surface area contributed by atoms with E-state index in [9.17, 15) is 4.79 Å². The summed E-state index contributed by atoms with van der Waals surface area (Å²) in [6.45, 7) is 7.73. The maximum atomic E-state index is 11.0. The fraction of sp³-hybridized carbons (Fsp3) is 0.533. The van der Waals surface area contributed by atoms with Crippen LogP contribution in [0.15, 0.2) is 18.2 Å². The molecular formula is C15H20ClNO2. The number of hydrogen-bond donors (Lipinski definition) is 1. The van der Waals surface area contributed by atoms with Crippen molar-refractivity contribution in [3.8, 4) is 0 Å². The number of anilines is 1. The van der Waals surface area contributed by atoms with Crippen LogP contribution >= 0.6 is 11.6 Å². The third-order valence-corrected chi connectivity index (χ3v) is 4.43. The molecule has 104 valence electrons. The number of aromatic carboxylic acids is 1. The zero-order valence-corrected chi connectivity index (χ0v) is 12.3. The Morgan fingerprint density at radius 3 is 2.63 bits per heavy atom. The molecule has 0 saturated carbocycles. The van der Waals surface area contributed by atoms with Crippen molar-refractivity contribution in [3.63, 3.8) is 0 Å². The molecule has 3 unspecified atom stereocenters. The summed E-state index contributed by atoms with van der Waals surface area (Å²) >= 11 is 6.06. The number of nitrogens with zero attached hydrogens (tertiary/aromatic N) is 1. The predicted molar refractivity (Wildman–Crippen MR) is 78.2 cm³/mol. The zero-order valence-electron chi connectivity index (χ0n) is 11.6. The highest BCUT2D eigenvalue weighted by Crippen LogP contribution is 2.33. The Balaban J connectivity index is 2.31. The highest BCUT2D eigenvalue weighted by atomic mass is 35.5. The molecule has 1 aliphatic heterocycles. The molecule has 19 heavy (non-hydrogen) atoms. The van der Waals surface area contributed by atoms with Gasteiger partial charge in [0, 0.05) is 18.3 Å². The number of carboxylic acid groups (broad SMARTS) is 1. The lowest BCUT2D eigenvalue weighted by Gasteiger charge is -2.42. The predicted octanol–water partition coefficient (Wildman–Crippen LogP) is 3.91. The van der Waals surface area contributed by atoms with Crippen molar-refractivity contribution in [1.29, 1.82) is 0 Å². The van der Waals surface area contributed by atoms with E-state index in [1.54, 1.807) is 12.1 Å². The van der Waals surface area contributed by atoms with Gasteiger partial charge in [-0.05, 0) is 43.4 Å². The molecule has 1 aromatic carbocycles. The van der Waals surface area contributed by atoms with Crippen molar-refractivity contribution in [2.75, 3.05) is 11.4 Å². The van der Waals surface area contributed by atoms with Gasteiger partial charge in [0.15, 0.2) is 0 Å². The first-order valence-corrected chi connectivity index (χ1v) is 7.07. The van der Waals surface area contributed by atoms with Crippen molar-refractivity contribution >= 4 is 23.3 Å². The Bertz CT molecular complexity index is 489. The van der Waals surface area contributed by atoms with Crippen molar-refractivity contribution in [3.05, 3.63) is 28.8 Å². The van der Waals surface area contributed by atoms with Crippen LogP contribution in [-0.4, -0.2) is 23.7 Å². The summed E-state index contributed by atoms with van der Waals surface area (Å²) in [5.74, 6) is 0.288. The minimum atomic E-state index is -0.982. The number of hydrogen-bond acceptors (Lipinski definition) is 2. The van der Waals surface area contributed by atoms with Crippen LogP contribution in [0.4, 0.5) is 5.69 Å². The Labute approximate surface area is 119 Å². The number of halogens is 1. The van der Waals surface area contributed by atoms with Crippen molar-refractivity contribution in [1.82, 2.24) is 0 Å². The van der Waals surface area contributed by atoms with E-state index in [4.69, 9.17) is 16.7 Å². The summed E-state index contributed by atoms with van der Waals surface area (Å²) in [4.78, 5) is 13.3. The first-order chi connectivity index (χ1) is 8.90. The largest absolute Gasteiger partial charge is 0.478 e. The Morgan fingerprint density at radius 2 is 2.05 bits per heavy atom. The van der Waals surface area contributed by atoms with Gasteiger partial charge in [-0.2, -0.15) is 0 Å². The van der Waals surface area contributed by atoms with Gasteiger partial charge >= 0.3 is 5.97 Å². The normalized spacial score (nSPS) is 27.4. The van der Waals surface area contributed by atoms with Crippen molar-refractivity contribution < 1.29 is 9.90 Å². The smallest absolute Gasteiger partial charge is 0.337 e. The number of benzene rings is 1. The molecule has 1 aliphatic rings. The van der Waals surface area contributed by atoms with Gasteiger partial charge in [0.25, 0.3) is 0 Å². The first kappa shape index (κ1) is 14.2. The molecular weight excluding hydrogens is 262 g/mol. The summed E-state index contributed by atoms with van der Waals surface area (Å²) in [7, 11) is 0. The molecule has 1 saturated heterocycles. The van der Waals surface area contributed by atoms with Gasteiger partial charge in [0.05, 0.1) is 10.6 Å². The van der Waals surface area contributed by atoms with E-state index in [0.717, 1.165) is 12.2 Å². The number of carboxylic acids is 1. The highest BCUT2D eigenvalue weighted by molar-refractivity contribution is 6.33. The zero-order chi connectivity index (χ0) is 14.2. The summed E-state index contributed by atoms with van der Waals surface area (Å²) in [5.41, 5.74) is 1.18. The fourth-order valence-electron chi connectivity index (χ4n) is 2.91. The van der Waals surface area contributed by atoms with E-state index >= 15 is 0 Å². The molecule has 1 N–H and O–H groups in total. The van der Waals surface area contributed by atoms with Crippen molar-refractivity contribution in [2.24, 2.45) is 11.8 Å². The van der Waals surface area contributed by atoms with Gasteiger partial charge in [0.2, 0.25) is 0 Å². The van der Waals surface area contributed by atoms with Crippen LogP contribution in [0.5, 0.6) is 0 Å². The van der Waals surface area contributed by atoms with E-state index in [1.165, 1.54) is 6.42 Å². The van der Waals surface area contributed by atoms with Gasteiger partial charge in [-0.1, -0.05) is 25.4 Å². The Hall–Kier alpha value is -1.22. The molecule has 3 atom stereocenters. The summed E-state index contributed by atoms with van der Waals surface area (Å²) in [6.07, 6.45) is 1.23. The summed E-state index contributed by atoms with van der Waals surface area (Å²) in [5, 5.41) is 9.31. The molecule has 0 amide bonds. The average Bonchev–Trinajstić information content (AvgIpc) is 2.33. The molecule has 0 spiro atoms. The van der Waals surface area contributed by atoms with E-state index in [-0.39, 0.29) is 5.56 Å². The lowest BCUT2D eigenvalue weighted by atomic mass is 9.85. The molecule has 0 bridgehead atoms. The van der Waals surface area contributed by atoms with Crippen LogP contribution in [0.1, 0.15) is 37.6 Å². The van der Waals surface area contributed by atoms with Crippen LogP contribution in [0.2, 0.25) is 5.02 Å². The molecule has 0 aromatic heterocycles. The van der Waals surface area contributed by atoms with Crippen LogP contribution < -0.4 is 4.90 Å². The third kappa shape index (κ3) is 2.86. The maximum Gasteiger partial charge on any atom is 0.337 e. The van der Waals surface area contributed by atoms with Gasteiger partial charge in [-0.3, -0.25) is 0 Å². The number of carbonyl (C=O) groups is 1. The van der Waals surface area contributed by atoms with Gasteiger partial charge in [0.1, 0.15) is 0 Å². The van der Waals surface area contributed by atoms with Gasteiger partial charge < -0.3 is 10.0 Å². The first-order valence-electron chi connectivity index (χ1n) is 6.69. The molecule has 3 nitrogen and oxygen atoms in total. The third-order valence-electron chi connectivity index (χ3n) is 4.11. The lowest BCUT2D eigenvalue weighted by Crippen LogP contribution is -2.45. The molecule has 0 radical (unpaired) electrons. The highest BCUT2D eigenvalue weighted by Gasteiger charge is 2.29. The second-order valence-electron chi connectivity index (χ2n) is 5.68.